The van der Waals surface area contributed by atoms with Crippen molar-refractivity contribution in [2.24, 2.45) is 11.8 Å². The van der Waals surface area contributed by atoms with Gasteiger partial charge >= 0.3 is 0 Å². The molecule has 0 spiro atoms. The van der Waals surface area contributed by atoms with Crippen LogP contribution >= 0.6 is 0 Å². The first-order valence-corrected chi connectivity index (χ1v) is 11.9. The molecule has 1 atom stereocenters. The van der Waals surface area contributed by atoms with Crippen molar-refractivity contribution in [3.8, 4) is 0 Å². The molecule has 1 aromatic rings. The van der Waals surface area contributed by atoms with Gasteiger partial charge in [-0.15, -0.1) is 0 Å². The number of aromatic nitrogens is 1. The summed E-state index contributed by atoms with van der Waals surface area (Å²) in [5.41, 5.74) is 0.369. The largest absolute Gasteiger partial charge is 0.447 e. The van der Waals surface area contributed by atoms with Gasteiger partial charge in [0.15, 0.2) is 5.69 Å². The molecule has 1 aliphatic carbocycles. The molecule has 2 fully saturated rings. The minimum absolute atomic E-state index is 0.140. The van der Waals surface area contributed by atoms with Crippen LogP contribution in [0.15, 0.2) is 10.7 Å². The average molecular weight is 437 g/mol. The van der Waals surface area contributed by atoms with Crippen molar-refractivity contribution in [3.63, 3.8) is 0 Å². The Labute approximate surface area is 186 Å². The second-order valence-electron chi connectivity index (χ2n) is 9.50. The summed E-state index contributed by atoms with van der Waals surface area (Å²) in [7, 11) is 0. The fourth-order valence-corrected chi connectivity index (χ4v) is 4.32. The first-order valence-electron chi connectivity index (χ1n) is 11.9. The Bertz CT molecular complexity index is 652. The quantitative estimate of drug-likeness (QED) is 0.549. The van der Waals surface area contributed by atoms with E-state index in [4.69, 9.17) is 9.15 Å². The summed E-state index contributed by atoms with van der Waals surface area (Å²) in [6, 6.07) is 0. The van der Waals surface area contributed by atoms with Gasteiger partial charge in [0.2, 0.25) is 5.89 Å². The Morgan fingerprint density at radius 3 is 2.61 bits per heavy atom. The number of β-amino-alcohol motifs (C(OH)–C–C–N with tert-alkyl or cyclic N) is 1. The standard InChI is InChI=1S/C23H40N4O4/c1-18(2)15-30-16-20(28)13-26-8-10-27(11-9-26)14-22-25-21(17-31-22)23(29)24-12-19-6-4-3-5-7-19/h17-20,28H,3-16H2,1-2H3,(H,24,29)/t20-/m1/s1. The predicted molar refractivity (Wildman–Crippen MR) is 119 cm³/mol. The van der Waals surface area contributed by atoms with E-state index in [1.54, 1.807) is 0 Å². The monoisotopic (exact) mass is 436 g/mol. The molecule has 0 bridgehead atoms. The molecule has 0 radical (unpaired) electrons. The van der Waals surface area contributed by atoms with Crippen LogP contribution in [-0.2, 0) is 11.3 Å². The van der Waals surface area contributed by atoms with Gasteiger partial charge < -0.3 is 19.6 Å². The maximum atomic E-state index is 12.4. The summed E-state index contributed by atoms with van der Waals surface area (Å²) in [5.74, 6) is 1.52. The smallest absolute Gasteiger partial charge is 0.273 e. The number of nitrogens with one attached hydrogen (secondary N) is 1. The van der Waals surface area contributed by atoms with E-state index in [0.29, 0.717) is 49.7 Å². The lowest BCUT2D eigenvalue weighted by Gasteiger charge is -2.34. The van der Waals surface area contributed by atoms with E-state index in [9.17, 15) is 9.90 Å². The second kappa shape index (κ2) is 12.5. The number of nitrogens with zero attached hydrogens (tertiary/aromatic N) is 3. The molecular weight excluding hydrogens is 396 g/mol. The van der Waals surface area contributed by atoms with Crippen LogP contribution in [-0.4, -0.2) is 84.4 Å². The van der Waals surface area contributed by atoms with Crippen LogP contribution in [0.1, 0.15) is 62.3 Å². The van der Waals surface area contributed by atoms with Gasteiger partial charge in [-0.25, -0.2) is 4.98 Å². The van der Waals surface area contributed by atoms with Crippen molar-refractivity contribution in [1.29, 1.82) is 0 Å². The molecule has 1 amide bonds. The van der Waals surface area contributed by atoms with E-state index in [1.807, 2.05) is 0 Å². The molecular formula is C23H40N4O4. The zero-order valence-corrected chi connectivity index (χ0v) is 19.2. The zero-order chi connectivity index (χ0) is 22.1. The summed E-state index contributed by atoms with van der Waals surface area (Å²) < 4.78 is 11.1. The van der Waals surface area contributed by atoms with Gasteiger partial charge in [-0.3, -0.25) is 14.6 Å². The SMILES string of the molecule is CC(C)COC[C@H](O)CN1CCN(Cc2nc(C(=O)NCC3CCCCC3)co2)CC1. The van der Waals surface area contributed by atoms with Crippen LogP contribution in [0.25, 0.3) is 0 Å². The number of hydrogen-bond acceptors (Lipinski definition) is 7. The number of ether oxygens (including phenoxy) is 1. The van der Waals surface area contributed by atoms with E-state index in [-0.39, 0.29) is 5.91 Å². The molecule has 2 heterocycles. The molecule has 3 rings (SSSR count). The molecule has 2 N–H and O–H groups in total. The normalized spacial score (nSPS) is 20.3. The summed E-state index contributed by atoms with van der Waals surface area (Å²) in [5, 5.41) is 13.2. The lowest BCUT2D eigenvalue weighted by atomic mass is 9.89. The molecule has 31 heavy (non-hydrogen) atoms. The number of oxazole rings is 1. The molecule has 1 saturated carbocycles. The van der Waals surface area contributed by atoms with Gasteiger partial charge in [-0.05, 0) is 24.7 Å². The summed E-state index contributed by atoms with van der Waals surface area (Å²) in [6.07, 6.45) is 7.29. The Morgan fingerprint density at radius 1 is 1.19 bits per heavy atom. The Kier molecular flexibility index (Phi) is 9.77. The number of rotatable bonds is 11. The maximum absolute atomic E-state index is 12.4. The number of carbonyl (C=O) groups is 1. The summed E-state index contributed by atoms with van der Waals surface area (Å²) >= 11 is 0. The fourth-order valence-electron chi connectivity index (χ4n) is 4.32. The van der Waals surface area contributed by atoms with Gasteiger partial charge in [0.1, 0.15) is 6.26 Å². The van der Waals surface area contributed by atoms with Gasteiger partial charge in [-0.2, -0.15) is 0 Å². The topological polar surface area (TPSA) is 91.1 Å². The lowest BCUT2D eigenvalue weighted by Crippen LogP contribution is -2.48. The molecule has 1 aromatic heterocycles. The third-order valence-corrected chi connectivity index (χ3v) is 6.11. The highest BCUT2D eigenvalue weighted by atomic mass is 16.5. The van der Waals surface area contributed by atoms with E-state index in [1.165, 1.54) is 38.4 Å². The lowest BCUT2D eigenvalue weighted by molar-refractivity contribution is -0.000850. The Balaban J connectivity index is 1.33. The Morgan fingerprint density at radius 2 is 1.90 bits per heavy atom. The summed E-state index contributed by atoms with van der Waals surface area (Å²) in [6.45, 7) is 10.8. The molecule has 8 nitrogen and oxygen atoms in total. The molecule has 2 aliphatic rings. The first kappa shape index (κ1) is 24.2. The highest BCUT2D eigenvalue weighted by Gasteiger charge is 2.22. The molecule has 1 aliphatic heterocycles. The van der Waals surface area contributed by atoms with Gasteiger partial charge in [0.25, 0.3) is 5.91 Å². The van der Waals surface area contributed by atoms with Crippen LogP contribution in [0.2, 0.25) is 0 Å². The van der Waals surface area contributed by atoms with Crippen molar-refractivity contribution in [2.75, 3.05) is 52.5 Å². The van der Waals surface area contributed by atoms with E-state index >= 15 is 0 Å². The molecule has 176 valence electrons. The second-order valence-corrected chi connectivity index (χ2v) is 9.50. The van der Waals surface area contributed by atoms with Gasteiger partial charge in [0.05, 0.1) is 19.3 Å². The molecule has 0 unspecified atom stereocenters. The average Bonchev–Trinajstić information content (AvgIpc) is 3.22. The third kappa shape index (κ3) is 8.52. The number of aliphatic hydroxyl groups excluding tert-OH is 1. The number of carbonyl (C=O) groups excluding carboxylic acids is 1. The van der Waals surface area contributed by atoms with Gasteiger partial charge in [-0.1, -0.05) is 33.1 Å². The van der Waals surface area contributed by atoms with Crippen LogP contribution in [0.3, 0.4) is 0 Å². The first-order chi connectivity index (χ1) is 15.0. The molecule has 8 heteroatoms. The van der Waals surface area contributed by atoms with Crippen LogP contribution in [0.5, 0.6) is 0 Å². The van der Waals surface area contributed by atoms with Crippen LogP contribution < -0.4 is 5.32 Å². The molecule has 0 aromatic carbocycles. The molecule has 1 saturated heterocycles. The predicted octanol–water partition coefficient (Wildman–Crippen LogP) is 2.14. The maximum Gasteiger partial charge on any atom is 0.273 e. The van der Waals surface area contributed by atoms with Gasteiger partial charge in [0, 0.05) is 45.9 Å². The number of aliphatic hydroxyl groups is 1. The summed E-state index contributed by atoms with van der Waals surface area (Å²) in [4.78, 5) is 21.3. The zero-order valence-electron chi connectivity index (χ0n) is 19.2. The number of amides is 1. The minimum atomic E-state index is -0.452. The van der Waals surface area contributed by atoms with E-state index < -0.39 is 6.10 Å². The number of hydrogen-bond donors (Lipinski definition) is 2. The fraction of sp³-hybridized carbons (Fsp3) is 0.826. The van der Waals surface area contributed by atoms with Crippen LogP contribution in [0.4, 0.5) is 0 Å². The van der Waals surface area contributed by atoms with Crippen molar-refractivity contribution in [3.05, 3.63) is 17.8 Å². The van der Waals surface area contributed by atoms with E-state index in [0.717, 1.165) is 32.7 Å². The van der Waals surface area contributed by atoms with Crippen LogP contribution in [0, 0.1) is 11.8 Å². The van der Waals surface area contributed by atoms with Crippen molar-refractivity contribution in [2.45, 2.75) is 58.6 Å². The van der Waals surface area contributed by atoms with E-state index in [2.05, 4.69) is 33.9 Å². The van der Waals surface area contributed by atoms with Crippen molar-refractivity contribution in [1.82, 2.24) is 20.1 Å². The number of piperazine rings is 1. The minimum Gasteiger partial charge on any atom is -0.447 e. The highest BCUT2D eigenvalue weighted by Crippen LogP contribution is 2.22. The van der Waals surface area contributed by atoms with Crippen molar-refractivity contribution < 1.29 is 19.1 Å². The Hall–Kier alpha value is -1.48. The van der Waals surface area contributed by atoms with Crippen molar-refractivity contribution >= 4 is 5.91 Å². The highest BCUT2D eigenvalue weighted by molar-refractivity contribution is 5.91. The third-order valence-electron chi connectivity index (χ3n) is 6.11.